The van der Waals surface area contributed by atoms with Gasteiger partial charge < -0.3 is 10.6 Å². The van der Waals surface area contributed by atoms with Gasteiger partial charge in [-0.25, -0.2) is 0 Å². The van der Waals surface area contributed by atoms with Crippen LogP contribution in [-0.4, -0.2) is 36.5 Å². The molecule has 1 rings (SSSR count). The summed E-state index contributed by atoms with van der Waals surface area (Å²) < 4.78 is 0. The summed E-state index contributed by atoms with van der Waals surface area (Å²) in [5.41, 5.74) is 1.38. The molecule has 16 heavy (non-hydrogen) atoms. The minimum Gasteiger partial charge on any atom is -0.385 e. The van der Waals surface area contributed by atoms with E-state index in [0.29, 0.717) is 5.69 Å². The fourth-order valence-corrected chi connectivity index (χ4v) is 1.67. The number of hydrogen-bond acceptors (Lipinski definition) is 4. The van der Waals surface area contributed by atoms with Gasteiger partial charge in [0.05, 0.1) is 0 Å². The number of pyridine rings is 1. The molecule has 1 aromatic heterocycles. The highest BCUT2D eigenvalue weighted by Gasteiger charge is 2.04. The molecule has 1 amide bonds. The molecule has 0 aliphatic carbocycles. The van der Waals surface area contributed by atoms with Crippen molar-refractivity contribution in [1.29, 1.82) is 0 Å². The summed E-state index contributed by atoms with van der Waals surface area (Å²) in [6.07, 6.45) is 4.84. The number of rotatable bonds is 6. The van der Waals surface area contributed by atoms with E-state index < -0.39 is 0 Å². The number of anilines is 1. The Morgan fingerprint density at radius 1 is 1.56 bits per heavy atom. The fraction of sp³-hybridized carbons (Fsp3) is 0.455. The third-order valence-electron chi connectivity index (χ3n) is 2.07. The van der Waals surface area contributed by atoms with Gasteiger partial charge in [0.15, 0.2) is 0 Å². The standard InChI is InChI=1S/C11H17N3OS/c1-12-11(15)10-8-9(4-6-14-10)13-5-3-7-16-2/h4,6,8H,3,5,7H2,1-2H3,(H,12,15)(H,13,14). The molecule has 0 fully saturated rings. The fourth-order valence-electron chi connectivity index (χ4n) is 1.24. The maximum absolute atomic E-state index is 11.3. The van der Waals surface area contributed by atoms with Crippen molar-refractivity contribution < 1.29 is 4.79 Å². The molecule has 0 aromatic carbocycles. The van der Waals surface area contributed by atoms with Crippen LogP contribution in [0.25, 0.3) is 0 Å². The molecule has 0 saturated heterocycles. The van der Waals surface area contributed by atoms with Crippen LogP contribution in [0.3, 0.4) is 0 Å². The second-order valence-corrected chi connectivity index (χ2v) is 4.27. The number of thioether (sulfide) groups is 1. The number of nitrogens with one attached hydrogen (secondary N) is 2. The van der Waals surface area contributed by atoms with Crippen LogP contribution in [0.2, 0.25) is 0 Å². The number of aromatic nitrogens is 1. The summed E-state index contributed by atoms with van der Waals surface area (Å²) in [6, 6.07) is 3.63. The highest BCUT2D eigenvalue weighted by atomic mass is 32.2. The monoisotopic (exact) mass is 239 g/mol. The Hall–Kier alpha value is -1.23. The zero-order valence-electron chi connectivity index (χ0n) is 9.62. The second-order valence-electron chi connectivity index (χ2n) is 3.28. The molecule has 1 heterocycles. The molecular weight excluding hydrogens is 222 g/mol. The predicted molar refractivity (Wildman–Crippen MR) is 69.1 cm³/mol. The topological polar surface area (TPSA) is 54.0 Å². The van der Waals surface area contributed by atoms with Gasteiger partial charge in [0, 0.05) is 25.5 Å². The van der Waals surface area contributed by atoms with Crippen LogP contribution in [0, 0.1) is 0 Å². The lowest BCUT2D eigenvalue weighted by atomic mass is 10.3. The van der Waals surface area contributed by atoms with Gasteiger partial charge in [-0.1, -0.05) is 0 Å². The first kappa shape index (κ1) is 12.8. The molecule has 0 aliphatic rings. The first-order valence-electron chi connectivity index (χ1n) is 5.19. The highest BCUT2D eigenvalue weighted by molar-refractivity contribution is 7.98. The summed E-state index contributed by atoms with van der Waals surface area (Å²) >= 11 is 1.83. The van der Waals surface area contributed by atoms with Crippen LogP contribution in [0.1, 0.15) is 16.9 Å². The van der Waals surface area contributed by atoms with E-state index in [2.05, 4.69) is 21.9 Å². The van der Waals surface area contributed by atoms with Crippen LogP contribution in [-0.2, 0) is 0 Å². The average Bonchev–Trinajstić information content (AvgIpc) is 2.34. The molecule has 0 unspecified atom stereocenters. The Morgan fingerprint density at radius 3 is 3.06 bits per heavy atom. The molecule has 0 bridgehead atoms. The van der Waals surface area contributed by atoms with Gasteiger partial charge >= 0.3 is 0 Å². The van der Waals surface area contributed by atoms with Crippen molar-refractivity contribution in [3.05, 3.63) is 24.0 Å². The number of carbonyl (C=O) groups excluding carboxylic acids is 1. The quantitative estimate of drug-likeness (QED) is 0.740. The Bertz CT molecular complexity index is 344. The molecular formula is C11H17N3OS. The zero-order chi connectivity index (χ0) is 11.8. The van der Waals surface area contributed by atoms with Gasteiger partial charge in [-0.05, 0) is 30.6 Å². The Balaban J connectivity index is 2.50. The first-order valence-corrected chi connectivity index (χ1v) is 6.58. The van der Waals surface area contributed by atoms with Crippen LogP contribution < -0.4 is 10.6 Å². The van der Waals surface area contributed by atoms with Gasteiger partial charge in [0.2, 0.25) is 0 Å². The first-order chi connectivity index (χ1) is 7.77. The molecule has 1 aromatic rings. The largest absolute Gasteiger partial charge is 0.385 e. The average molecular weight is 239 g/mol. The molecule has 0 radical (unpaired) electrons. The van der Waals surface area contributed by atoms with E-state index in [9.17, 15) is 4.79 Å². The van der Waals surface area contributed by atoms with Crippen molar-refractivity contribution in [2.24, 2.45) is 0 Å². The summed E-state index contributed by atoms with van der Waals surface area (Å²) in [4.78, 5) is 15.3. The molecule has 4 nitrogen and oxygen atoms in total. The molecule has 2 N–H and O–H groups in total. The van der Waals surface area contributed by atoms with Crippen LogP contribution in [0.4, 0.5) is 5.69 Å². The lowest BCUT2D eigenvalue weighted by Gasteiger charge is -2.06. The van der Waals surface area contributed by atoms with Gasteiger partial charge in [0.25, 0.3) is 5.91 Å². The molecule has 0 saturated carbocycles. The summed E-state index contributed by atoms with van der Waals surface area (Å²) in [5, 5.41) is 5.82. The van der Waals surface area contributed by atoms with E-state index in [0.717, 1.165) is 24.4 Å². The minimum atomic E-state index is -0.159. The van der Waals surface area contributed by atoms with E-state index in [1.807, 2.05) is 17.8 Å². The summed E-state index contributed by atoms with van der Waals surface area (Å²) in [5.74, 6) is 0.980. The second kappa shape index (κ2) is 7.11. The van der Waals surface area contributed by atoms with Crippen molar-refractivity contribution in [3.63, 3.8) is 0 Å². The summed E-state index contributed by atoms with van der Waals surface area (Å²) in [7, 11) is 1.60. The third-order valence-corrected chi connectivity index (χ3v) is 2.77. The van der Waals surface area contributed by atoms with Crippen molar-refractivity contribution in [2.45, 2.75) is 6.42 Å². The Morgan fingerprint density at radius 2 is 2.38 bits per heavy atom. The summed E-state index contributed by atoms with van der Waals surface area (Å²) in [6.45, 7) is 0.915. The van der Waals surface area contributed by atoms with Crippen molar-refractivity contribution in [3.8, 4) is 0 Å². The molecule has 5 heteroatoms. The van der Waals surface area contributed by atoms with E-state index in [4.69, 9.17) is 0 Å². The third kappa shape index (κ3) is 4.10. The lowest BCUT2D eigenvalue weighted by Crippen LogP contribution is -2.19. The van der Waals surface area contributed by atoms with E-state index >= 15 is 0 Å². The van der Waals surface area contributed by atoms with Crippen LogP contribution in [0.15, 0.2) is 18.3 Å². The van der Waals surface area contributed by atoms with Crippen LogP contribution in [0.5, 0.6) is 0 Å². The number of hydrogen-bond donors (Lipinski definition) is 2. The Kier molecular flexibility index (Phi) is 5.71. The predicted octanol–water partition coefficient (Wildman–Crippen LogP) is 1.61. The molecule has 88 valence electrons. The molecule has 0 atom stereocenters. The number of amides is 1. The SMILES string of the molecule is CNC(=O)c1cc(NCCCSC)ccn1. The highest BCUT2D eigenvalue weighted by Crippen LogP contribution is 2.08. The zero-order valence-corrected chi connectivity index (χ0v) is 10.4. The molecule has 0 aliphatic heterocycles. The van der Waals surface area contributed by atoms with E-state index in [1.54, 1.807) is 19.3 Å². The Labute approximate surface area is 100 Å². The van der Waals surface area contributed by atoms with Crippen molar-refractivity contribution in [1.82, 2.24) is 10.3 Å². The maximum Gasteiger partial charge on any atom is 0.269 e. The molecule has 0 spiro atoms. The van der Waals surface area contributed by atoms with Crippen molar-refractivity contribution in [2.75, 3.05) is 30.9 Å². The van der Waals surface area contributed by atoms with E-state index in [1.165, 1.54) is 0 Å². The van der Waals surface area contributed by atoms with E-state index in [-0.39, 0.29) is 5.91 Å². The van der Waals surface area contributed by atoms with Gasteiger partial charge in [0.1, 0.15) is 5.69 Å². The number of nitrogens with zero attached hydrogens (tertiary/aromatic N) is 1. The number of carbonyl (C=O) groups is 1. The van der Waals surface area contributed by atoms with Gasteiger partial charge in [-0.3, -0.25) is 9.78 Å². The van der Waals surface area contributed by atoms with Gasteiger partial charge in [-0.2, -0.15) is 11.8 Å². The smallest absolute Gasteiger partial charge is 0.269 e. The van der Waals surface area contributed by atoms with Crippen molar-refractivity contribution >= 4 is 23.4 Å². The lowest BCUT2D eigenvalue weighted by molar-refractivity contribution is 0.0958. The minimum absolute atomic E-state index is 0.159. The normalized spacial score (nSPS) is 9.88. The van der Waals surface area contributed by atoms with Crippen LogP contribution >= 0.6 is 11.8 Å². The van der Waals surface area contributed by atoms with Gasteiger partial charge in [-0.15, -0.1) is 0 Å². The maximum atomic E-state index is 11.3.